The summed E-state index contributed by atoms with van der Waals surface area (Å²) < 4.78 is 18.1. The average molecular weight is 203 g/mol. The van der Waals surface area contributed by atoms with Crippen molar-refractivity contribution in [2.24, 2.45) is 0 Å². The van der Waals surface area contributed by atoms with E-state index in [4.69, 9.17) is 16.3 Å². The summed E-state index contributed by atoms with van der Waals surface area (Å²) in [5.74, 6) is -0.129. The number of halogens is 2. The fourth-order valence-corrected chi connectivity index (χ4v) is 1.54. The Hall–Kier alpha value is -0.800. The summed E-state index contributed by atoms with van der Waals surface area (Å²) in [5, 5.41) is 9.53. The molecule has 0 spiro atoms. The molecule has 0 unspecified atom stereocenters. The highest BCUT2D eigenvalue weighted by atomic mass is 35.5. The van der Waals surface area contributed by atoms with Gasteiger partial charge in [0.1, 0.15) is 11.6 Å². The van der Waals surface area contributed by atoms with E-state index in [2.05, 4.69) is 0 Å². The van der Waals surface area contributed by atoms with Gasteiger partial charge >= 0.3 is 0 Å². The monoisotopic (exact) mass is 202 g/mol. The van der Waals surface area contributed by atoms with Crippen molar-refractivity contribution in [2.75, 3.05) is 6.61 Å². The number of aliphatic hydroxyl groups is 1. The minimum Gasteiger partial charge on any atom is -0.493 e. The molecule has 1 aromatic rings. The number of hydrogen-bond acceptors (Lipinski definition) is 2. The lowest BCUT2D eigenvalue weighted by atomic mass is 10.0. The number of ether oxygens (including phenoxy) is 1. The molecule has 4 heteroatoms. The standard InChI is InChI=1S/C9H8ClFO2/c10-6-3-5-8(12)1-2-13-9(5)4-7(6)11/h3-4,8,12H,1-2H2/t8-/m0/s1. The normalized spacial score (nSPS) is 20.7. The smallest absolute Gasteiger partial charge is 0.145 e. The Kier molecular flexibility index (Phi) is 2.14. The van der Waals surface area contributed by atoms with Gasteiger partial charge in [0.15, 0.2) is 0 Å². The van der Waals surface area contributed by atoms with Crippen LogP contribution >= 0.6 is 11.6 Å². The molecule has 0 aromatic heterocycles. The number of hydrogen-bond donors (Lipinski definition) is 1. The summed E-state index contributed by atoms with van der Waals surface area (Å²) >= 11 is 5.57. The largest absolute Gasteiger partial charge is 0.493 e. The average Bonchev–Trinajstić information content (AvgIpc) is 2.09. The van der Waals surface area contributed by atoms with Crippen LogP contribution in [0.25, 0.3) is 0 Å². The van der Waals surface area contributed by atoms with E-state index in [-0.39, 0.29) is 5.02 Å². The first-order valence-corrected chi connectivity index (χ1v) is 4.36. The zero-order chi connectivity index (χ0) is 9.42. The van der Waals surface area contributed by atoms with Crippen LogP contribution < -0.4 is 4.74 Å². The summed E-state index contributed by atoms with van der Waals surface area (Å²) in [7, 11) is 0. The Bertz CT molecular complexity index is 341. The van der Waals surface area contributed by atoms with Crippen LogP contribution in [-0.2, 0) is 0 Å². The van der Waals surface area contributed by atoms with E-state index < -0.39 is 11.9 Å². The zero-order valence-electron chi connectivity index (χ0n) is 6.76. The van der Waals surface area contributed by atoms with Gasteiger partial charge < -0.3 is 9.84 Å². The van der Waals surface area contributed by atoms with E-state index in [0.29, 0.717) is 24.3 Å². The molecule has 0 fully saturated rings. The maximum Gasteiger partial charge on any atom is 0.145 e. The number of rotatable bonds is 0. The summed E-state index contributed by atoms with van der Waals surface area (Å²) in [6.07, 6.45) is -0.0727. The van der Waals surface area contributed by atoms with Crippen molar-refractivity contribution in [1.82, 2.24) is 0 Å². The van der Waals surface area contributed by atoms with E-state index in [1.165, 1.54) is 12.1 Å². The van der Waals surface area contributed by atoms with E-state index in [1.807, 2.05) is 0 Å². The van der Waals surface area contributed by atoms with Crippen molar-refractivity contribution in [3.63, 3.8) is 0 Å². The van der Waals surface area contributed by atoms with E-state index in [0.717, 1.165) is 0 Å². The molecule has 1 atom stereocenters. The Balaban J connectivity index is 2.52. The van der Waals surface area contributed by atoms with Crippen molar-refractivity contribution in [3.8, 4) is 5.75 Å². The molecule has 1 aliphatic heterocycles. The molecule has 1 heterocycles. The van der Waals surface area contributed by atoms with E-state index in [9.17, 15) is 9.50 Å². The molecule has 0 amide bonds. The minimum atomic E-state index is -0.596. The van der Waals surface area contributed by atoms with E-state index in [1.54, 1.807) is 0 Å². The van der Waals surface area contributed by atoms with Gasteiger partial charge in [-0.2, -0.15) is 0 Å². The molecule has 2 rings (SSSR count). The highest BCUT2D eigenvalue weighted by molar-refractivity contribution is 6.30. The highest BCUT2D eigenvalue weighted by Gasteiger charge is 2.21. The van der Waals surface area contributed by atoms with E-state index >= 15 is 0 Å². The van der Waals surface area contributed by atoms with Gasteiger partial charge in [-0.05, 0) is 6.07 Å². The summed E-state index contributed by atoms with van der Waals surface area (Å²) in [5.41, 5.74) is 0.567. The summed E-state index contributed by atoms with van der Waals surface area (Å²) in [6, 6.07) is 2.62. The van der Waals surface area contributed by atoms with Crippen LogP contribution in [0.4, 0.5) is 4.39 Å². The van der Waals surface area contributed by atoms with Crippen molar-refractivity contribution >= 4 is 11.6 Å². The molecule has 0 saturated carbocycles. The van der Waals surface area contributed by atoms with Crippen LogP contribution in [0.3, 0.4) is 0 Å². The molecule has 0 saturated heterocycles. The Labute approximate surface area is 79.9 Å². The van der Waals surface area contributed by atoms with Crippen LogP contribution in [0.5, 0.6) is 5.75 Å². The molecule has 0 aliphatic carbocycles. The lowest BCUT2D eigenvalue weighted by Gasteiger charge is -2.22. The molecule has 70 valence electrons. The first kappa shape index (κ1) is 8.78. The maximum absolute atomic E-state index is 12.9. The Morgan fingerprint density at radius 2 is 2.31 bits per heavy atom. The number of benzene rings is 1. The van der Waals surface area contributed by atoms with Crippen LogP contribution in [-0.4, -0.2) is 11.7 Å². The maximum atomic E-state index is 12.9. The first-order chi connectivity index (χ1) is 6.18. The Morgan fingerprint density at radius 1 is 1.54 bits per heavy atom. The summed E-state index contributed by atoms with van der Waals surface area (Å²) in [4.78, 5) is 0. The Morgan fingerprint density at radius 3 is 3.08 bits per heavy atom. The van der Waals surface area contributed by atoms with Crippen molar-refractivity contribution < 1.29 is 14.2 Å². The molecular formula is C9H8ClFO2. The van der Waals surface area contributed by atoms with Crippen molar-refractivity contribution in [3.05, 3.63) is 28.5 Å². The quantitative estimate of drug-likeness (QED) is 0.700. The molecular weight excluding hydrogens is 195 g/mol. The van der Waals surface area contributed by atoms with Gasteiger partial charge in [-0.1, -0.05) is 11.6 Å². The fraction of sp³-hybridized carbons (Fsp3) is 0.333. The van der Waals surface area contributed by atoms with Crippen molar-refractivity contribution in [1.29, 1.82) is 0 Å². The fourth-order valence-electron chi connectivity index (χ4n) is 1.37. The predicted molar refractivity (Wildman–Crippen MR) is 46.5 cm³/mol. The number of fused-ring (bicyclic) bond motifs is 1. The van der Waals surface area contributed by atoms with Crippen LogP contribution in [0.2, 0.25) is 5.02 Å². The topological polar surface area (TPSA) is 29.5 Å². The third-order valence-electron chi connectivity index (χ3n) is 2.06. The lowest BCUT2D eigenvalue weighted by molar-refractivity contribution is 0.115. The van der Waals surface area contributed by atoms with Gasteiger partial charge in [0.25, 0.3) is 0 Å². The van der Waals surface area contributed by atoms with Gasteiger partial charge in [-0.3, -0.25) is 0 Å². The third-order valence-corrected chi connectivity index (χ3v) is 2.35. The first-order valence-electron chi connectivity index (χ1n) is 3.98. The second-order valence-electron chi connectivity index (χ2n) is 2.96. The lowest BCUT2D eigenvalue weighted by Crippen LogP contribution is -2.13. The molecule has 0 radical (unpaired) electrons. The minimum absolute atomic E-state index is 0.0169. The predicted octanol–water partition coefficient (Wildman–Crippen LogP) is 2.29. The van der Waals surface area contributed by atoms with Crippen LogP contribution in [0.1, 0.15) is 18.1 Å². The highest BCUT2D eigenvalue weighted by Crippen LogP contribution is 2.35. The van der Waals surface area contributed by atoms with Crippen molar-refractivity contribution in [2.45, 2.75) is 12.5 Å². The summed E-state index contributed by atoms with van der Waals surface area (Å²) in [6.45, 7) is 0.412. The third kappa shape index (κ3) is 1.49. The van der Waals surface area contributed by atoms with Crippen LogP contribution in [0, 0.1) is 5.82 Å². The molecule has 1 N–H and O–H groups in total. The number of aliphatic hydroxyl groups excluding tert-OH is 1. The molecule has 13 heavy (non-hydrogen) atoms. The van der Waals surface area contributed by atoms with Gasteiger partial charge in [0, 0.05) is 18.1 Å². The van der Waals surface area contributed by atoms with Gasteiger partial charge in [-0.15, -0.1) is 0 Å². The molecule has 0 bridgehead atoms. The zero-order valence-corrected chi connectivity index (χ0v) is 7.51. The second-order valence-corrected chi connectivity index (χ2v) is 3.36. The van der Waals surface area contributed by atoms with Crippen LogP contribution in [0.15, 0.2) is 12.1 Å². The van der Waals surface area contributed by atoms with Gasteiger partial charge in [-0.25, -0.2) is 4.39 Å². The molecule has 2 nitrogen and oxygen atoms in total. The van der Waals surface area contributed by atoms with Gasteiger partial charge in [0.05, 0.1) is 17.7 Å². The molecule has 1 aromatic carbocycles. The molecule has 1 aliphatic rings. The second kappa shape index (κ2) is 3.16. The van der Waals surface area contributed by atoms with Gasteiger partial charge in [0.2, 0.25) is 0 Å². The SMILES string of the molecule is O[C@H]1CCOc2cc(F)c(Cl)cc21.